The molecule has 4 aromatic rings. The van der Waals surface area contributed by atoms with Gasteiger partial charge in [0.1, 0.15) is 23.8 Å². The van der Waals surface area contributed by atoms with Gasteiger partial charge < -0.3 is 18.6 Å². The maximum atomic E-state index is 12.7. The zero-order valence-corrected chi connectivity index (χ0v) is 21.1. The van der Waals surface area contributed by atoms with Crippen LogP contribution in [-0.2, 0) is 15.5 Å². The van der Waals surface area contributed by atoms with E-state index in [4.69, 9.17) is 13.7 Å². The summed E-state index contributed by atoms with van der Waals surface area (Å²) in [6.45, 7) is 4.69. The third-order valence-electron chi connectivity index (χ3n) is 5.28. The van der Waals surface area contributed by atoms with Crippen molar-refractivity contribution in [2.24, 2.45) is 0 Å². The Hall–Kier alpha value is -3.81. The SMILES string of the molecule is CC(=O)N(Cc1ccccc1OCCOSc1ccc(C)cc1)c1cccnc1Oc1ccccc1. The first-order valence-electron chi connectivity index (χ1n) is 11.6. The maximum Gasteiger partial charge on any atom is 0.243 e. The average Bonchev–Trinajstić information content (AvgIpc) is 2.90. The van der Waals surface area contributed by atoms with E-state index in [1.807, 2.05) is 72.8 Å². The number of ether oxygens (including phenoxy) is 2. The molecule has 1 amide bonds. The van der Waals surface area contributed by atoms with E-state index in [1.54, 1.807) is 17.2 Å². The second kappa shape index (κ2) is 12.8. The van der Waals surface area contributed by atoms with E-state index < -0.39 is 0 Å². The number of pyridine rings is 1. The number of nitrogens with zero attached hydrogens (tertiary/aromatic N) is 2. The number of carbonyl (C=O) groups is 1. The Bertz CT molecular complexity index is 1270. The molecule has 0 N–H and O–H groups in total. The number of anilines is 1. The lowest BCUT2D eigenvalue weighted by Crippen LogP contribution is -2.28. The maximum absolute atomic E-state index is 12.7. The number of hydrogen-bond donors (Lipinski definition) is 0. The van der Waals surface area contributed by atoms with Crippen LogP contribution in [0.5, 0.6) is 17.4 Å². The molecule has 0 aliphatic heterocycles. The van der Waals surface area contributed by atoms with E-state index in [2.05, 4.69) is 24.0 Å². The molecule has 0 unspecified atom stereocenters. The van der Waals surface area contributed by atoms with Gasteiger partial charge in [-0.25, -0.2) is 4.98 Å². The third-order valence-corrected chi connectivity index (χ3v) is 6.03. The summed E-state index contributed by atoms with van der Waals surface area (Å²) in [5.74, 6) is 1.57. The first-order valence-corrected chi connectivity index (χ1v) is 12.4. The molecule has 184 valence electrons. The topological polar surface area (TPSA) is 60.9 Å². The Morgan fingerprint density at radius 2 is 1.64 bits per heavy atom. The summed E-state index contributed by atoms with van der Waals surface area (Å²) in [6, 6.07) is 28.8. The number of aromatic nitrogens is 1. The van der Waals surface area contributed by atoms with Crippen LogP contribution >= 0.6 is 12.0 Å². The predicted octanol–water partition coefficient (Wildman–Crippen LogP) is 6.84. The minimum absolute atomic E-state index is 0.131. The van der Waals surface area contributed by atoms with Gasteiger partial charge in [-0.1, -0.05) is 54.1 Å². The first kappa shape index (κ1) is 25.3. The van der Waals surface area contributed by atoms with Crippen LogP contribution in [0.15, 0.2) is 102 Å². The Kier molecular flexibility index (Phi) is 8.97. The Balaban J connectivity index is 1.42. The van der Waals surface area contributed by atoms with Crippen molar-refractivity contribution in [2.45, 2.75) is 25.3 Å². The minimum atomic E-state index is -0.131. The van der Waals surface area contributed by atoms with Crippen LogP contribution in [0.4, 0.5) is 5.69 Å². The van der Waals surface area contributed by atoms with Gasteiger partial charge in [0.05, 0.1) is 13.2 Å². The quantitative estimate of drug-likeness (QED) is 0.166. The van der Waals surface area contributed by atoms with Gasteiger partial charge in [-0.2, -0.15) is 0 Å². The highest BCUT2D eigenvalue weighted by atomic mass is 32.2. The van der Waals surface area contributed by atoms with E-state index in [1.165, 1.54) is 24.5 Å². The van der Waals surface area contributed by atoms with Crippen LogP contribution < -0.4 is 14.4 Å². The molecule has 4 rings (SSSR count). The molecule has 1 heterocycles. The summed E-state index contributed by atoms with van der Waals surface area (Å²) in [7, 11) is 0. The van der Waals surface area contributed by atoms with Crippen molar-refractivity contribution in [3.63, 3.8) is 0 Å². The van der Waals surface area contributed by atoms with Gasteiger partial charge in [0.2, 0.25) is 11.8 Å². The molecule has 0 spiro atoms. The van der Waals surface area contributed by atoms with Crippen LogP contribution in [0.25, 0.3) is 0 Å². The lowest BCUT2D eigenvalue weighted by molar-refractivity contribution is -0.116. The van der Waals surface area contributed by atoms with Gasteiger partial charge in [-0.05, 0) is 49.4 Å². The molecule has 0 radical (unpaired) electrons. The van der Waals surface area contributed by atoms with Gasteiger partial charge in [0.25, 0.3) is 0 Å². The number of hydrogen-bond acceptors (Lipinski definition) is 6. The Labute approximate surface area is 216 Å². The molecule has 0 aliphatic carbocycles. The highest BCUT2D eigenvalue weighted by molar-refractivity contribution is 7.94. The first-order chi connectivity index (χ1) is 17.6. The zero-order valence-electron chi connectivity index (χ0n) is 20.3. The number of benzene rings is 3. The second-order valence-corrected chi connectivity index (χ2v) is 8.90. The molecule has 0 saturated carbocycles. The fraction of sp³-hybridized carbons (Fsp3) is 0.172. The summed E-state index contributed by atoms with van der Waals surface area (Å²) in [6.07, 6.45) is 1.64. The molecule has 0 fully saturated rings. The smallest absolute Gasteiger partial charge is 0.243 e. The third kappa shape index (κ3) is 7.10. The fourth-order valence-electron chi connectivity index (χ4n) is 3.47. The summed E-state index contributed by atoms with van der Waals surface area (Å²) in [4.78, 5) is 19.8. The molecular formula is C29H28N2O4S. The standard InChI is InChI=1S/C29H28N2O4S/c1-22-14-16-26(17-15-22)36-34-20-19-33-28-13-7-6-9-24(28)21-31(23(2)32)27-12-8-18-30-29(27)35-25-10-4-3-5-11-25/h3-18H,19-21H2,1-2H3. The highest BCUT2D eigenvalue weighted by Crippen LogP contribution is 2.32. The molecule has 6 nitrogen and oxygen atoms in total. The van der Waals surface area contributed by atoms with Crippen molar-refractivity contribution >= 4 is 23.6 Å². The molecule has 0 bridgehead atoms. The van der Waals surface area contributed by atoms with E-state index in [0.29, 0.717) is 42.8 Å². The Morgan fingerprint density at radius 1 is 0.889 bits per heavy atom. The highest BCUT2D eigenvalue weighted by Gasteiger charge is 2.20. The molecular weight excluding hydrogens is 472 g/mol. The minimum Gasteiger partial charge on any atom is -0.491 e. The van der Waals surface area contributed by atoms with Gasteiger partial charge in [0, 0.05) is 35.6 Å². The van der Waals surface area contributed by atoms with Gasteiger partial charge in [-0.15, -0.1) is 0 Å². The largest absolute Gasteiger partial charge is 0.491 e. The van der Waals surface area contributed by atoms with E-state index in [0.717, 1.165) is 10.5 Å². The van der Waals surface area contributed by atoms with Crippen LogP contribution in [0.2, 0.25) is 0 Å². The summed E-state index contributed by atoms with van der Waals surface area (Å²) >= 11 is 1.33. The van der Waals surface area contributed by atoms with Gasteiger partial charge in [0.15, 0.2) is 0 Å². The lowest BCUT2D eigenvalue weighted by Gasteiger charge is -2.24. The molecule has 0 atom stereocenters. The zero-order chi connectivity index (χ0) is 25.2. The van der Waals surface area contributed by atoms with Gasteiger partial charge in [-0.3, -0.25) is 4.79 Å². The molecule has 0 aliphatic rings. The number of rotatable bonds is 11. The van der Waals surface area contributed by atoms with Crippen molar-refractivity contribution in [1.82, 2.24) is 4.98 Å². The normalized spacial score (nSPS) is 10.6. The Morgan fingerprint density at radius 3 is 2.42 bits per heavy atom. The fourth-order valence-corrected chi connectivity index (χ4v) is 4.00. The number of carbonyl (C=O) groups excluding carboxylic acids is 1. The van der Waals surface area contributed by atoms with Crippen LogP contribution in [-0.4, -0.2) is 24.1 Å². The van der Waals surface area contributed by atoms with Crippen LogP contribution in [0.3, 0.4) is 0 Å². The lowest BCUT2D eigenvalue weighted by atomic mass is 10.1. The second-order valence-electron chi connectivity index (χ2n) is 8.02. The van der Waals surface area contributed by atoms with Crippen molar-refractivity contribution in [2.75, 3.05) is 18.1 Å². The average molecular weight is 501 g/mol. The molecule has 3 aromatic carbocycles. The number of aryl methyl sites for hydroxylation is 1. The van der Waals surface area contributed by atoms with E-state index >= 15 is 0 Å². The molecule has 0 saturated heterocycles. The van der Waals surface area contributed by atoms with Crippen molar-refractivity contribution in [3.8, 4) is 17.4 Å². The molecule has 1 aromatic heterocycles. The van der Waals surface area contributed by atoms with E-state index in [-0.39, 0.29) is 5.91 Å². The number of amides is 1. The van der Waals surface area contributed by atoms with Crippen molar-refractivity contribution in [1.29, 1.82) is 0 Å². The van der Waals surface area contributed by atoms with Gasteiger partial charge >= 0.3 is 0 Å². The van der Waals surface area contributed by atoms with Crippen LogP contribution in [0, 0.1) is 6.92 Å². The number of para-hydroxylation sites is 2. The summed E-state index contributed by atoms with van der Waals surface area (Å²) in [5, 5.41) is 0. The summed E-state index contributed by atoms with van der Waals surface area (Å²) in [5.41, 5.74) is 2.67. The molecule has 36 heavy (non-hydrogen) atoms. The van der Waals surface area contributed by atoms with Crippen molar-refractivity contribution in [3.05, 3.63) is 108 Å². The van der Waals surface area contributed by atoms with E-state index in [9.17, 15) is 4.79 Å². The molecule has 7 heteroatoms. The summed E-state index contributed by atoms with van der Waals surface area (Å²) < 4.78 is 17.7. The van der Waals surface area contributed by atoms with Crippen molar-refractivity contribution < 1.29 is 18.5 Å². The van der Waals surface area contributed by atoms with Crippen LogP contribution in [0.1, 0.15) is 18.1 Å². The monoisotopic (exact) mass is 500 g/mol. The predicted molar refractivity (Wildman–Crippen MR) is 143 cm³/mol.